The molecule has 0 aliphatic carbocycles. The van der Waals surface area contributed by atoms with Crippen molar-refractivity contribution in [3.63, 3.8) is 0 Å². The summed E-state index contributed by atoms with van der Waals surface area (Å²) in [5, 5.41) is 6.40. The minimum atomic E-state index is -0.696. The van der Waals surface area contributed by atoms with Crippen LogP contribution in [0.3, 0.4) is 0 Å². The van der Waals surface area contributed by atoms with E-state index in [1.165, 1.54) is 11.1 Å². The van der Waals surface area contributed by atoms with Gasteiger partial charge in [-0.1, -0.05) is 23.2 Å². The van der Waals surface area contributed by atoms with Crippen molar-refractivity contribution in [3.8, 4) is 0 Å². The van der Waals surface area contributed by atoms with E-state index < -0.39 is 11.9 Å². The van der Waals surface area contributed by atoms with Crippen molar-refractivity contribution >= 4 is 46.7 Å². The van der Waals surface area contributed by atoms with E-state index in [1.807, 2.05) is 6.92 Å². The van der Waals surface area contributed by atoms with E-state index in [1.54, 1.807) is 25.1 Å². The molecule has 0 saturated heterocycles. The number of nitrogens with one attached hydrogen (secondary N) is 2. The van der Waals surface area contributed by atoms with Gasteiger partial charge in [0.1, 0.15) is 11.4 Å². The summed E-state index contributed by atoms with van der Waals surface area (Å²) in [6, 6.07) is 4.60. The molecule has 2 aliphatic heterocycles. The Bertz CT molecular complexity index is 910. The predicted molar refractivity (Wildman–Crippen MR) is 106 cm³/mol. The number of ether oxygens (including phenoxy) is 1. The number of amides is 2. The van der Waals surface area contributed by atoms with E-state index in [2.05, 4.69) is 10.6 Å². The summed E-state index contributed by atoms with van der Waals surface area (Å²) in [5.74, 6) is -1.18. The van der Waals surface area contributed by atoms with Crippen LogP contribution in [0.2, 0.25) is 10.0 Å². The molecule has 1 aromatic carbocycles. The number of anilines is 1. The van der Waals surface area contributed by atoms with Gasteiger partial charge in [-0.05, 0) is 44.9 Å². The summed E-state index contributed by atoms with van der Waals surface area (Å²) in [6.45, 7) is 3.69. The summed E-state index contributed by atoms with van der Waals surface area (Å²) in [7, 11) is 0. The topological polar surface area (TPSA) is 87.7 Å². The van der Waals surface area contributed by atoms with Crippen molar-refractivity contribution in [2.75, 3.05) is 11.9 Å². The van der Waals surface area contributed by atoms with Crippen LogP contribution in [0.4, 0.5) is 5.69 Å². The molecule has 1 atom stereocenters. The molecular formula is C19H19Cl2N3O4. The van der Waals surface area contributed by atoms with Gasteiger partial charge in [-0.15, -0.1) is 0 Å². The maximum absolute atomic E-state index is 12.8. The fraction of sp³-hybridized carbons (Fsp3) is 0.316. The number of hydrogen-bond acceptors (Lipinski definition) is 5. The van der Waals surface area contributed by atoms with Gasteiger partial charge >= 0.3 is 5.97 Å². The zero-order valence-electron chi connectivity index (χ0n) is 15.3. The third-order valence-electron chi connectivity index (χ3n) is 4.53. The fourth-order valence-electron chi connectivity index (χ4n) is 3.11. The van der Waals surface area contributed by atoms with E-state index in [0.29, 0.717) is 40.0 Å². The molecule has 0 saturated carbocycles. The molecule has 0 radical (unpaired) electrons. The molecule has 0 fully saturated rings. The highest BCUT2D eigenvalue weighted by molar-refractivity contribution is 6.42. The Morgan fingerprint density at radius 1 is 1.32 bits per heavy atom. The Morgan fingerprint density at radius 2 is 2.07 bits per heavy atom. The van der Waals surface area contributed by atoms with Crippen molar-refractivity contribution in [1.29, 1.82) is 0 Å². The van der Waals surface area contributed by atoms with Crippen molar-refractivity contribution in [2.45, 2.75) is 32.7 Å². The Hall–Kier alpha value is -2.51. The first-order chi connectivity index (χ1) is 13.3. The summed E-state index contributed by atoms with van der Waals surface area (Å²) in [4.78, 5) is 39.1. The predicted octanol–water partition coefficient (Wildman–Crippen LogP) is 3.20. The van der Waals surface area contributed by atoms with Crippen molar-refractivity contribution in [1.82, 2.24) is 10.2 Å². The van der Waals surface area contributed by atoms with Crippen LogP contribution in [0.1, 0.15) is 26.7 Å². The summed E-state index contributed by atoms with van der Waals surface area (Å²) in [6.07, 6.45) is 2.34. The van der Waals surface area contributed by atoms with E-state index in [9.17, 15) is 14.4 Å². The molecular weight excluding hydrogens is 405 g/mol. The van der Waals surface area contributed by atoms with Crippen molar-refractivity contribution < 1.29 is 19.1 Å². The highest BCUT2D eigenvalue weighted by Gasteiger charge is 2.39. The first-order valence-electron chi connectivity index (χ1n) is 8.80. The molecule has 0 spiro atoms. The highest BCUT2D eigenvalue weighted by atomic mass is 35.5. The van der Waals surface area contributed by atoms with Gasteiger partial charge in [0.2, 0.25) is 0 Å². The maximum atomic E-state index is 12.8. The quantitative estimate of drug-likeness (QED) is 0.573. The number of hydrogen-bond donors (Lipinski definition) is 2. The van der Waals surface area contributed by atoms with E-state index in [0.717, 1.165) is 0 Å². The van der Waals surface area contributed by atoms with Gasteiger partial charge in [0, 0.05) is 17.9 Å². The third-order valence-corrected chi connectivity index (χ3v) is 5.27. The Kier molecular flexibility index (Phi) is 5.96. The smallest absolute Gasteiger partial charge is 0.345 e. The fourth-order valence-corrected chi connectivity index (χ4v) is 3.41. The lowest BCUT2D eigenvalue weighted by atomic mass is 9.96. The second-order valence-electron chi connectivity index (χ2n) is 6.40. The SMILES string of the molecule is CCOC(=O)C1=CNC2=C(C(=O)Nc3ccc(Cl)c(Cl)c3)CCC(C)N2C1=O. The van der Waals surface area contributed by atoms with E-state index >= 15 is 0 Å². The number of carbonyl (C=O) groups is 3. The third kappa shape index (κ3) is 3.86. The van der Waals surface area contributed by atoms with Gasteiger partial charge in [0.25, 0.3) is 11.8 Å². The summed E-state index contributed by atoms with van der Waals surface area (Å²) >= 11 is 11.9. The van der Waals surface area contributed by atoms with Crippen LogP contribution < -0.4 is 10.6 Å². The summed E-state index contributed by atoms with van der Waals surface area (Å²) in [5.41, 5.74) is 0.808. The molecule has 7 nitrogen and oxygen atoms in total. The van der Waals surface area contributed by atoms with Gasteiger partial charge in [-0.3, -0.25) is 14.5 Å². The second kappa shape index (κ2) is 8.24. The number of fused-ring (bicyclic) bond motifs is 1. The monoisotopic (exact) mass is 423 g/mol. The lowest BCUT2D eigenvalue weighted by molar-refractivity contribution is -0.142. The van der Waals surface area contributed by atoms with Crippen LogP contribution >= 0.6 is 23.2 Å². The second-order valence-corrected chi connectivity index (χ2v) is 7.21. The Balaban J connectivity index is 1.90. The Morgan fingerprint density at radius 3 is 2.75 bits per heavy atom. The van der Waals surface area contributed by atoms with E-state index in [4.69, 9.17) is 27.9 Å². The van der Waals surface area contributed by atoms with Gasteiger partial charge in [-0.2, -0.15) is 0 Å². The maximum Gasteiger partial charge on any atom is 0.345 e. The normalized spacial score (nSPS) is 18.9. The number of carbonyl (C=O) groups excluding carboxylic acids is 3. The van der Waals surface area contributed by atoms with Crippen molar-refractivity contribution in [3.05, 3.63) is 51.4 Å². The zero-order valence-corrected chi connectivity index (χ0v) is 16.9. The molecule has 1 aromatic rings. The van der Waals surface area contributed by atoms with Crippen molar-refractivity contribution in [2.24, 2.45) is 0 Å². The molecule has 2 N–H and O–H groups in total. The minimum absolute atomic E-state index is 0.0939. The first kappa shape index (κ1) is 20.2. The van der Waals surface area contributed by atoms with Crippen LogP contribution in [-0.4, -0.2) is 35.3 Å². The number of benzene rings is 1. The average Bonchev–Trinajstić information content (AvgIpc) is 2.65. The zero-order chi connectivity index (χ0) is 20.4. The highest BCUT2D eigenvalue weighted by Crippen LogP contribution is 2.31. The lowest BCUT2D eigenvalue weighted by Gasteiger charge is -2.39. The number of esters is 1. The molecule has 2 aliphatic rings. The van der Waals surface area contributed by atoms with Crippen LogP contribution in [0.15, 0.2) is 41.4 Å². The largest absolute Gasteiger partial charge is 0.462 e. The number of halogens is 2. The van der Waals surface area contributed by atoms with Crippen LogP contribution in [-0.2, 0) is 19.1 Å². The molecule has 0 bridgehead atoms. The van der Waals surface area contributed by atoms with Gasteiger partial charge in [0.05, 0.1) is 22.2 Å². The summed E-state index contributed by atoms with van der Waals surface area (Å²) < 4.78 is 4.93. The lowest BCUT2D eigenvalue weighted by Crippen LogP contribution is -2.50. The number of rotatable bonds is 4. The molecule has 2 heterocycles. The molecule has 0 aromatic heterocycles. The van der Waals surface area contributed by atoms with Crippen LogP contribution in [0, 0.1) is 0 Å². The van der Waals surface area contributed by atoms with Gasteiger partial charge < -0.3 is 15.4 Å². The molecule has 3 rings (SSSR count). The van der Waals surface area contributed by atoms with Crippen LogP contribution in [0.5, 0.6) is 0 Å². The first-order valence-corrected chi connectivity index (χ1v) is 9.56. The average molecular weight is 424 g/mol. The molecule has 9 heteroatoms. The molecule has 148 valence electrons. The standard InChI is InChI=1S/C19H19Cl2N3O4/c1-3-28-19(27)13-9-22-16-12(6-4-10(2)24(16)18(13)26)17(25)23-11-5-7-14(20)15(21)8-11/h5,7-10,22H,3-4,6H2,1-2H3,(H,23,25). The number of nitrogens with zero attached hydrogens (tertiary/aromatic N) is 1. The molecule has 2 amide bonds. The van der Waals surface area contributed by atoms with E-state index in [-0.39, 0.29) is 24.1 Å². The molecule has 1 unspecified atom stereocenters. The van der Waals surface area contributed by atoms with Crippen LogP contribution in [0.25, 0.3) is 0 Å². The minimum Gasteiger partial charge on any atom is -0.462 e. The van der Waals surface area contributed by atoms with Gasteiger partial charge in [0.15, 0.2) is 0 Å². The Labute approximate surface area is 172 Å². The molecule has 28 heavy (non-hydrogen) atoms. The van der Waals surface area contributed by atoms with Gasteiger partial charge in [-0.25, -0.2) is 4.79 Å².